The van der Waals surface area contributed by atoms with Crippen molar-refractivity contribution in [2.24, 2.45) is 4.99 Å². The molecule has 0 heterocycles. The van der Waals surface area contributed by atoms with Crippen LogP contribution in [-0.4, -0.2) is 5.04 Å². The molecule has 0 aliphatic carbocycles. The van der Waals surface area contributed by atoms with E-state index in [-0.39, 0.29) is 0 Å². The van der Waals surface area contributed by atoms with Crippen molar-refractivity contribution in [3.63, 3.8) is 0 Å². The molecule has 0 fully saturated rings. The number of hydrogen-bond donors (Lipinski definition) is 0. The van der Waals surface area contributed by atoms with Crippen LogP contribution in [-0.2, 0) is 0 Å². The van der Waals surface area contributed by atoms with E-state index in [2.05, 4.69) is 30.5 Å². The Hall–Kier alpha value is -1.94. The Kier molecular flexibility index (Phi) is 7.01. The second kappa shape index (κ2) is 9.67. The minimum absolute atomic E-state index is 0.731. The van der Waals surface area contributed by atoms with Crippen molar-refractivity contribution in [2.75, 3.05) is 0 Å². The van der Waals surface area contributed by atoms with Crippen LogP contribution in [0.3, 0.4) is 0 Å². The number of thioether (sulfide) groups is 2. The van der Waals surface area contributed by atoms with Gasteiger partial charge in [0.1, 0.15) is 5.04 Å². The molecule has 26 heavy (non-hydrogen) atoms. The quantitative estimate of drug-likeness (QED) is 0.247. The molecule has 0 saturated heterocycles. The maximum Gasteiger partial charge on any atom is 0.105 e. The molecule has 1 nitrogen and oxygen atoms in total. The minimum Gasteiger partial charge on any atom is -0.241 e. The fourth-order valence-electron chi connectivity index (χ4n) is 2.16. The highest BCUT2D eigenvalue weighted by Gasteiger charge is 2.07. The number of halogens is 1. The first-order valence-electron chi connectivity index (χ1n) is 8.17. The third-order valence-electron chi connectivity index (χ3n) is 3.45. The molecular formula is C22H18ClNS2. The van der Waals surface area contributed by atoms with E-state index in [0.29, 0.717) is 0 Å². The van der Waals surface area contributed by atoms with Gasteiger partial charge >= 0.3 is 0 Å². The zero-order chi connectivity index (χ0) is 18.2. The maximum absolute atomic E-state index is 6.14. The third kappa shape index (κ3) is 5.80. The zero-order valence-electron chi connectivity index (χ0n) is 14.3. The molecule has 0 aliphatic heterocycles. The Balaban J connectivity index is 1.88. The summed E-state index contributed by atoms with van der Waals surface area (Å²) in [7, 11) is 0. The lowest BCUT2D eigenvalue weighted by atomic mass is 10.3. The van der Waals surface area contributed by atoms with E-state index in [9.17, 15) is 0 Å². The van der Waals surface area contributed by atoms with Gasteiger partial charge in [0.2, 0.25) is 0 Å². The topological polar surface area (TPSA) is 12.4 Å². The van der Waals surface area contributed by atoms with E-state index in [1.54, 1.807) is 23.5 Å². The lowest BCUT2D eigenvalue weighted by molar-refractivity contribution is 1.46. The number of rotatable bonds is 5. The van der Waals surface area contributed by atoms with Gasteiger partial charge in [-0.2, -0.15) is 0 Å². The van der Waals surface area contributed by atoms with Crippen molar-refractivity contribution >= 4 is 45.9 Å². The predicted octanol–water partition coefficient (Wildman–Crippen LogP) is 7.86. The molecule has 130 valence electrons. The molecule has 0 atom stereocenters. The molecule has 4 heteroatoms. The summed E-state index contributed by atoms with van der Waals surface area (Å²) in [5, 5.41) is 3.84. The highest BCUT2D eigenvalue weighted by atomic mass is 35.5. The van der Waals surface area contributed by atoms with Gasteiger partial charge in [0, 0.05) is 14.8 Å². The number of para-hydroxylation sites is 1. The smallest absolute Gasteiger partial charge is 0.105 e. The van der Waals surface area contributed by atoms with Gasteiger partial charge in [0.05, 0.1) is 5.69 Å². The lowest BCUT2D eigenvalue weighted by Crippen LogP contribution is -1.94. The molecular weight excluding hydrogens is 378 g/mol. The van der Waals surface area contributed by atoms with Crippen LogP contribution in [0.1, 0.15) is 6.92 Å². The maximum atomic E-state index is 6.14. The first-order chi connectivity index (χ1) is 12.7. The van der Waals surface area contributed by atoms with Gasteiger partial charge < -0.3 is 0 Å². The Bertz CT molecular complexity index is 906. The monoisotopic (exact) mass is 395 g/mol. The van der Waals surface area contributed by atoms with Crippen molar-refractivity contribution in [3.8, 4) is 0 Å². The molecule has 3 aromatic rings. The van der Waals surface area contributed by atoms with Gasteiger partial charge in [0.15, 0.2) is 0 Å². The predicted molar refractivity (Wildman–Crippen MR) is 117 cm³/mol. The number of aliphatic imine (C=N–C) groups is 1. The fraction of sp³-hybridized carbons (Fsp3) is 0.0455. The average molecular weight is 396 g/mol. The molecule has 3 rings (SSSR count). The molecule has 0 unspecified atom stereocenters. The van der Waals surface area contributed by atoms with E-state index in [1.165, 1.54) is 4.90 Å². The van der Waals surface area contributed by atoms with Crippen LogP contribution in [0, 0.1) is 0 Å². The summed E-state index contributed by atoms with van der Waals surface area (Å²) < 4.78 is 0. The summed E-state index contributed by atoms with van der Waals surface area (Å²) in [4.78, 5) is 7.13. The molecule has 0 bridgehead atoms. The van der Waals surface area contributed by atoms with E-state index < -0.39 is 0 Å². The van der Waals surface area contributed by atoms with Crippen molar-refractivity contribution < 1.29 is 0 Å². The summed E-state index contributed by atoms with van der Waals surface area (Å²) in [6.45, 7) is 2.09. The van der Waals surface area contributed by atoms with Gasteiger partial charge in [0.25, 0.3) is 0 Å². The summed E-state index contributed by atoms with van der Waals surface area (Å²) in [5.41, 5.74) is 2.06. The normalized spacial score (nSPS) is 12.2. The second-order valence-corrected chi connectivity index (χ2v) is 7.99. The molecule has 0 amide bonds. The molecule has 0 N–H and O–H groups in total. The largest absolute Gasteiger partial charge is 0.241 e. The first kappa shape index (κ1) is 18.8. The van der Waals surface area contributed by atoms with E-state index >= 15 is 0 Å². The Morgan fingerprint density at radius 2 is 1.50 bits per heavy atom. The van der Waals surface area contributed by atoms with Gasteiger partial charge in [-0.15, -0.1) is 0 Å². The Labute approximate surface area is 168 Å². The molecule has 0 aliphatic rings. The third-order valence-corrected chi connectivity index (χ3v) is 5.80. The van der Waals surface area contributed by atoms with Crippen molar-refractivity contribution in [3.05, 3.63) is 101 Å². The van der Waals surface area contributed by atoms with Gasteiger partial charge in [-0.1, -0.05) is 77.6 Å². The average Bonchev–Trinajstić information content (AvgIpc) is 2.67. The zero-order valence-corrected chi connectivity index (χ0v) is 16.7. The van der Waals surface area contributed by atoms with Crippen molar-refractivity contribution in [1.29, 1.82) is 0 Å². The Morgan fingerprint density at radius 1 is 0.846 bits per heavy atom. The van der Waals surface area contributed by atoms with Crippen LogP contribution in [0.15, 0.2) is 111 Å². The number of nitrogens with zero attached hydrogens (tertiary/aromatic N) is 1. The molecule has 0 aromatic heterocycles. The highest BCUT2D eigenvalue weighted by Crippen LogP contribution is 2.30. The van der Waals surface area contributed by atoms with Crippen LogP contribution in [0.2, 0.25) is 5.02 Å². The summed E-state index contributed by atoms with van der Waals surface area (Å²) >= 11 is 9.46. The SMILES string of the molecule is CC(=C\Sc1ccccc1)/C(=N\c1ccccc1)Sc1cccc(Cl)c1. The highest BCUT2D eigenvalue weighted by molar-refractivity contribution is 8.14. The summed E-state index contributed by atoms with van der Waals surface area (Å²) in [5.74, 6) is 0. The van der Waals surface area contributed by atoms with Crippen LogP contribution in [0.25, 0.3) is 0 Å². The van der Waals surface area contributed by atoms with Crippen molar-refractivity contribution in [1.82, 2.24) is 0 Å². The second-order valence-electron chi connectivity index (χ2n) is 5.54. The van der Waals surface area contributed by atoms with Crippen LogP contribution in [0.4, 0.5) is 5.69 Å². The molecule has 0 saturated carbocycles. The summed E-state index contributed by atoms with van der Waals surface area (Å²) in [6.07, 6.45) is 0. The number of hydrogen-bond acceptors (Lipinski definition) is 3. The fourth-order valence-corrected chi connectivity index (χ4v) is 4.15. The van der Waals surface area contributed by atoms with Gasteiger partial charge in [-0.05, 0) is 60.4 Å². The van der Waals surface area contributed by atoms with Gasteiger partial charge in [-0.3, -0.25) is 0 Å². The van der Waals surface area contributed by atoms with Crippen LogP contribution >= 0.6 is 35.1 Å². The van der Waals surface area contributed by atoms with E-state index in [1.807, 2.05) is 66.7 Å². The lowest BCUT2D eigenvalue weighted by Gasteiger charge is -2.08. The molecule has 0 spiro atoms. The molecule has 3 aromatic carbocycles. The van der Waals surface area contributed by atoms with E-state index in [0.717, 1.165) is 26.2 Å². The van der Waals surface area contributed by atoms with E-state index in [4.69, 9.17) is 16.6 Å². The van der Waals surface area contributed by atoms with Crippen LogP contribution < -0.4 is 0 Å². The number of benzene rings is 3. The molecule has 0 radical (unpaired) electrons. The first-order valence-corrected chi connectivity index (χ1v) is 10.2. The van der Waals surface area contributed by atoms with Crippen molar-refractivity contribution in [2.45, 2.75) is 16.7 Å². The Morgan fingerprint density at radius 3 is 2.19 bits per heavy atom. The standard InChI is InChI=1S/C22H18ClNS2/c1-17(16-25-20-12-6-3-7-13-20)22(24-19-10-4-2-5-11-19)26-21-14-8-9-18(23)15-21/h2-16H,1H3/b17-16+,24-22+. The van der Waals surface area contributed by atoms with Gasteiger partial charge in [-0.25, -0.2) is 4.99 Å². The van der Waals surface area contributed by atoms with Crippen LogP contribution in [0.5, 0.6) is 0 Å². The minimum atomic E-state index is 0.731. The summed E-state index contributed by atoms with van der Waals surface area (Å²) in [6, 6.07) is 28.2.